The molecule has 0 radical (unpaired) electrons. The molecule has 0 bridgehead atoms. The molecule has 0 amide bonds. The number of carbonyl (C=O) groups excluding carboxylic acids is 1. The number of hydrogen-bond acceptors (Lipinski definition) is 3. The molecule has 0 heterocycles. The van der Waals surface area contributed by atoms with Crippen molar-refractivity contribution in [3.05, 3.63) is 11.6 Å². The van der Waals surface area contributed by atoms with Gasteiger partial charge in [-0.2, -0.15) is 0 Å². The van der Waals surface area contributed by atoms with Crippen molar-refractivity contribution in [2.24, 2.45) is 40.4 Å². The van der Waals surface area contributed by atoms with Crippen LogP contribution in [0.15, 0.2) is 11.6 Å². The first-order valence-corrected chi connectivity index (χ1v) is 11.3. The van der Waals surface area contributed by atoms with Gasteiger partial charge in [-0.05, 0) is 91.9 Å². The van der Waals surface area contributed by atoms with Crippen molar-refractivity contribution in [3.63, 3.8) is 0 Å². The molecule has 3 fully saturated rings. The smallest absolute Gasteiger partial charge is 0.303 e. The number of carboxylic acid groups (broad SMARTS) is 1. The summed E-state index contributed by atoms with van der Waals surface area (Å²) in [4.78, 5) is 24.3. The number of rotatable bonds is 4. The third-order valence-corrected chi connectivity index (χ3v) is 9.49. The second-order valence-electron chi connectivity index (χ2n) is 10.8. The standard InChI is InChI=1S/C24H36O4/c1-14(4-7-21(27)28)17-5-6-18-22-19(9-11-24(17,18)3)23(2)10-8-16(25)12-15(23)13-20(22)26/h13-14,16-19,22,25H,4-12H2,1-3H3,(H,27,28). The molecule has 0 aromatic carbocycles. The van der Waals surface area contributed by atoms with Crippen molar-refractivity contribution >= 4 is 11.8 Å². The Balaban J connectivity index is 1.60. The first kappa shape index (κ1) is 20.1. The predicted octanol–water partition coefficient (Wildman–Crippen LogP) is 4.61. The van der Waals surface area contributed by atoms with E-state index in [0.29, 0.717) is 35.9 Å². The van der Waals surface area contributed by atoms with Crippen LogP contribution in [0.2, 0.25) is 0 Å². The fourth-order valence-corrected chi connectivity index (χ4v) is 7.91. The van der Waals surface area contributed by atoms with E-state index in [1.165, 1.54) is 5.57 Å². The molecule has 2 N–H and O–H groups in total. The molecule has 0 spiro atoms. The fourth-order valence-electron chi connectivity index (χ4n) is 7.91. The number of ketones is 1. The summed E-state index contributed by atoms with van der Waals surface area (Å²) in [6.07, 6.45) is 9.60. The minimum absolute atomic E-state index is 0.0755. The zero-order valence-electron chi connectivity index (χ0n) is 17.6. The molecule has 0 aromatic rings. The predicted molar refractivity (Wildman–Crippen MR) is 108 cm³/mol. The van der Waals surface area contributed by atoms with Gasteiger partial charge in [0.2, 0.25) is 0 Å². The van der Waals surface area contributed by atoms with Gasteiger partial charge < -0.3 is 10.2 Å². The zero-order valence-corrected chi connectivity index (χ0v) is 17.6. The number of allylic oxidation sites excluding steroid dienone is 1. The van der Waals surface area contributed by atoms with Crippen LogP contribution in [0.5, 0.6) is 0 Å². The summed E-state index contributed by atoms with van der Waals surface area (Å²) in [5.74, 6) is 1.49. The van der Waals surface area contributed by atoms with Gasteiger partial charge >= 0.3 is 5.97 Å². The fraction of sp³-hybridized carbons (Fsp3) is 0.833. The maximum absolute atomic E-state index is 13.3. The van der Waals surface area contributed by atoms with Gasteiger partial charge in [-0.25, -0.2) is 0 Å². The van der Waals surface area contributed by atoms with E-state index < -0.39 is 5.97 Å². The van der Waals surface area contributed by atoms with Crippen LogP contribution in [0.3, 0.4) is 0 Å². The topological polar surface area (TPSA) is 74.6 Å². The van der Waals surface area contributed by atoms with Gasteiger partial charge in [-0.3, -0.25) is 9.59 Å². The largest absolute Gasteiger partial charge is 0.481 e. The molecule has 0 aliphatic heterocycles. The lowest BCUT2D eigenvalue weighted by atomic mass is 9.46. The van der Waals surface area contributed by atoms with Gasteiger partial charge in [0.15, 0.2) is 5.78 Å². The average molecular weight is 389 g/mol. The SMILES string of the molecule is CC(CCC(=O)O)C1CCC2C3C(=O)C=C4CC(O)CCC4(C)C3CCC12C. The highest BCUT2D eigenvalue weighted by molar-refractivity contribution is 5.94. The number of hydrogen-bond donors (Lipinski definition) is 2. The van der Waals surface area contributed by atoms with Crippen molar-refractivity contribution in [1.82, 2.24) is 0 Å². The molecule has 4 heteroatoms. The maximum Gasteiger partial charge on any atom is 0.303 e. The van der Waals surface area contributed by atoms with Crippen LogP contribution >= 0.6 is 0 Å². The van der Waals surface area contributed by atoms with E-state index in [2.05, 4.69) is 20.8 Å². The minimum atomic E-state index is -0.706. The number of aliphatic carboxylic acids is 1. The van der Waals surface area contributed by atoms with Crippen molar-refractivity contribution in [1.29, 1.82) is 0 Å². The first-order valence-electron chi connectivity index (χ1n) is 11.3. The molecule has 4 aliphatic carbocycles. The summed E-state index contributed by atoms with van der Waals surface area (Å²) in [5.41, 5.74) is 1.43. The summed E-state index contributed by atoms with van der Waals surface area (Å²) in [6, 6.07) is 0. The molecular formula is C24H36O4. The highest BCUT2D eigenvalue weighted by Crippen LogP contribution is 2.66. The molecule has 4 nitrogen and oxygen atoms in total. The van der Waals surface area contributed by atoms with Gasteiger partial charge in [0.25, 0.3) is 0 Å². The van der Waals surface area contributed by atoms with E-state index >= 15 is 0 Å². The number of carbonyl (C=O) groups is 2. The Morgan fingerprint density at radius 1 is 1.18 bits per heavy atom. The lowest BCUT2D eigenvalue weighted by molar-refractivity contribution is -0.137. The van der Waals surface area contributed by atoms with Crippen LogP contribution in [0.4, 0.5) is 0 Å². The molecule has 0 saturated heterocycles. The third kappa shape index (κ3) is 2.98. The van der Waals surface area contributed by atoms with Crippen LogP contribution in [-0.4, -0.2) is 28.1 Å². The normalized spacial score (nSPS) is 46.2. The summed E-state index contributed by atoms with van der Waals surface area (Å²) < 4.78 is 0. The number of fused-ring (bicyclic) bond motifs is 5. The monoisotopic (exact) mass is 388 g/mol. The molecule has 28 heavy (non-hydrogen) atoms. The summed E-state index contributed by atoms with van der Waals surface area (Å²) in [5, 5.41) is 19.2. The molecule has 156 valence electrons. The van der Waals surface area contributed by atoms with Gasteiger partial charge in [0.1, 0.15) is 0 Å². The first-order chi connectivity index (χ1) is 13.2. The number of aliphatic hydroxyl groups is 1. The number of aliphatic hydroxyl groups excluding tert-OH is 1. The van der Waals surface area contributed by atoms with E-state index in [4.69, 9.17) is 5.11 Å². The summed E-state index contributed by atoms with van der Waals surface area (Å²) >= 11 is 0. The van der Waals surface area contributed by atoms with Crippen LogP contribution < -0.4 is 0 Å². The Morgan fingerprint density at radius 2 is 1.93 bits per heavy atom. The lowest BCUT2D eigenvalue weighted by Gasteiger charge is -2.57. The Bertz CT molecular complexity index is 697. The molecule has 3 saturated carbocycles. The summed E-state index contributed by atoms with van der Waals surface area (Å²) in [7, 11) is 0. The molecular weight excluding hydrogens is 352 g/mol. The third-order valence-electron chi connectivity index (χ3n) is 9.49. The van der Waals surface area contributed by atoms with E-state index in [0.717, 1.165) is 44.9 Å². The van der Waals surface area contributed by atoms with Crippen LogP contribution in [-0.2, 0) is 9.59 Å². The van der Waals surface area contributed by atoms with Crippen molar-refractivity contribution in [2.75, 3.05) is 0 Å². The van der Waals surface area contributed by atoms with Gasteiger partial charge in [-0.15, -0.1) is 0 Å². The molecule has 4 aliphatic rings. The van der Waals surface area contributed by atoms with Gasteiger partial charge in [-0.1, -0.05) is 26.3 Å². The summed E-state index contributed by atoms with van der Waals surface area (Å²) in [6.45, 7) is 6.96. The highest BCUT2D eigenvalue weighted by atomic mass is 16.4. The molecule has 8 atom stereocenters. The quantitative estimate of drug-likeness (QED) is 0.738. The minimum Gasteiger partial charge on any atom is -0.481 e. The average Bonchev–Trinajstić information content (AvgIpc) is 2.98. The zero-order chi connectivity index (χ0) is 20.3. The lowest BCUT2D eigenvalue weighted by Crippen LogP contribution is -2.53. The van der Waals surface area contributed by atoms with Crippen LogP contribution in [0.1, 0.15) is 78.6 Å². The second kappa shape index (κ2) is 6.97. The van der Waals surface area contributed by atoms with Crippen LogP contribution in [0.25, 0.3) is 0 Å². The van der Waals surface area contributed by atoms with E-state index in [9.17, 15) is 14.7 Å². The van der Waals surface area contributed by atoms with Gasteiger partial charge in [0, 0.05) is 12.3 Å². The Kier molecular flexibility index (Phi) is 5.01. The Morgan fingerprint density at radius 3 is 2.64 bits per heavy atom. The van der Waals surface area contributed by atoms with Gasteiger partial charge in [0.05, 0.1) is 6.10 Å². The molecule has 0 aromatic heterocycles. The highest BCUT2D eigenvalue weighted by Gasteiger charge is 2.61. The maximum atomic E-state index is 13.3. The van der Waals surface area contributed by atoms with E-state index in [1.807, 2.05) is 6.08 Å². The Hall–Kier alpha value is -1.16. The Labute approximate surface area is 168 Å². The number of carboxylic acids is 1. The van der Waals surface area contributed by atoms with Crippen molar-refractivity contribution < 1.29 is 19.8 Å². The van der Waals surface area contributed by atoms with E-state index in [1.54, 1.807) is 0 Å². The van der Waals surface area contributed by atoms with Crippen molar-refractivity contribution in [3.8, 4) is 0 Å². The van der Waals surface area contributed by atoms with Crippen LogP contribution in [0, 0.1) is 40.4 Å². The van der Waals surface area contributed by atoms with E-state index in [-0.39, 0.29) is 29.3 Å². The second-order valence-corrected chi connectivity index (χ2v) is 10.8. The molecule has 4 rings (SSSR count). The van der Waals surface area contributed by atoms with Crippen molar-refractivity contribution in [2.45, 2.75) is 84.7 Å². The molecule has 8 unspecified atom stereocenters.